The Labute approximate surface area is 247 Å². The Bertz CT molecular complexity index is 2050. The molecule has 0 aliphatic carbocycles. The molecule has 8 aromatic rings. The highest BCUT2D eigenvalue weighted by molar-refractivity contribution is 5.76. The summed E-state index contributed by atoms with van der Waals surface area (Å²) in [5.74, 6) is 2.31. The van der Waals surface area contributed by atoms with Crippen LogP contribution in [0, 0.1) is 0 Å². The summed E-state index contributed by atoms with van der Waals surface area (Å²) < 4.78 is 10.2. The number of rotatable bonds is 6. The number of benzene rings is 4. The maximum atomic E-state index is 5.99. The monoisotopic (exact) mass is 556 g/mol. The van der Waals surface area contributed by atoms with Crippen LogP contribution in [0.25, 0.3) is 68.4 Å². The smallest absolute Gasteiger partial charge is 0.227 e. The summed E-state index contributed by atoms with van der Waals surface area (Å²) in [5, 5.41) is 0. The fourth-order valence-corrected chi connectivity index (χ4v) is 5.25. The Kier molecular flexibility index (Phi) is 5.97. The summed E-state index contributed by atoms with van der Waals surface area (Å²) in [4.78, 5) is 19.6. The normalized spacial score (nSPS) is 11.3. The first-order valence-electron chi connectivity index (χ1n) is 14.0. The fraction of sp³-hybridized carbons (Fsp3) is 0. The van der Waals surface area contributed by atoms with Crippen molar-refractivity contribution < 1.29 is 4.42 Å². The van der Waals surface area contributed by atoms with Gasteiger partial charge in [-0.3, -0.25) is 0 Å². The van der Waals surface area contributed by atoms with Crippen molar-refractivity contribution in [3.8, 4) is 57.3 Å². The van der Waals surface area contributed by atoms with Crippen molar-refractivity contribution in [1.29, 1.82) is 0 Å². The number of oxazole rings is 1. The molecule has 8 rings (SSSR count). The van der Waals surface area contributed by atoms with Crippen LogP contribution in [0.1, 0.15) is 0 Å². The fourth-order valence-electron chi connectivity index (χ4n) is 5.25. The van der Waals surface area contributed by atoms with Gasteiger partial charge in [0.05, 0.1) is 11.4 Å². The maximum Gasteiger partial charge on any atom is 0.227 e. The Morgan fingerprint density at radius 3 is 1.51 bits per heavy atom. The van der Waals surface area contributed by atoms with Crippen molar-refractivity contribution in [2.45, 2.75) is 0 Å². The number of aromatic nitrogens is 6. The molecule has 0 atom stereocenters. The third kappa shape index (κ3) is 4.59. The van der Waals surface area contributed by atoms with Gasteiger partial charge in [0.15, 0.2) is 23.1 Å². The van der Waals surface area contributed by atoms with Crippen LogP contribution in [0.3, 0.4) is 0 Å². The molecular weight excluding hydrogens is 532 g/mol. The van der Waals surface area contributed by atoms with Crippen molar-refractivity contribution in [3.63, 3.8) is 0 Å². The second-order valence-corrected chi connectivity index (χ2v) is 10.1. The lowest BCUT2D eigenvalue weighted by atomic mass is 10.1. The summed E-state index contributed by atoms with van der Waals surface area (Å²) in [7, 11) is 0. The van der Waals surface area contributed by atoms with Gasteiger partial charge >= 0.3 is 0 Å². The van der Waals surface area contributed by atoms with Gasteiger partial charge in [-0.2, -0.15) is 0 Å². The Morgan fingerprint density at radius 1 is 0.419 bits per heavy atom. The van der Waals surface area contributed by atoms with Crippen LogP contribution in [-0.2, 0) is 0 Å². The zero-order valence-corrected chi connectivity index (χ0v) is 22.9. The zero-order valence-electron chi connectivity index (χ0n) is 22.9. The quantitative estimate of drug-likeness (QED) is 0.206. The minimum atomic E-state index is 0.575. The molecular formula is C36H24N6O. The zero-order chi connectivity index (χ0) is 28.6. The van der Waals surface area contributed by atoms with E-state index in [1.807, 2.05) is 122 Å². The molecule has 7 nitrogen and oxygen atoms in total. The number of para-hydroxylation sites is 4. The third-order valence-corrected chi connectivity index (χ3v) is 7.34. The molecule has 0 amide bonds. The van der Waals surface area contributed by atoms with E-state index in [1.165, 1.54) is 0 Å². The van der Waals surface area contributed by atoms with E-state index in [-0.39, 0.29) is 0 Å². The van der Waals surface area contributed by atoms with Crippen molar-refractivity contribution in [2.75, 3.05) is 0 Å². The first kappa shape index (κ1) is 24.7. The van der Waals surface area contributed by atoms with E-state index in [2.05, 4.69) is 38.4 Å². The number of nitrogens with zero attached hydrogens (tertiary/aromatic N) is 6. The van der Waals surface area contributed by atoms with Gasteiger partial charge < -0.3 is 13.6 Å². The van der Waals surface area contributed by atoms with E-state index < -0.39 is 0 Å². The molecule has 0 aliphatic rings. The second kappa shape index (κ2) is 10.4. The molecule has 7 heteroatoms. The van der Waals surface area contributed by atoms with E-state index in [9.17, 15) is 0 Å². The topological polar surface area (TPSA) is 74.6 Å². The van der Waals surface area contributed by atoms with Gasteiger partial charge in [0.1, 0.15) is 5.52 Å². The molecule has 0 aliphatic heterocycles. The highest BCUT2D eigenvalue weighted by atomic mass is 16.3. The van der Waals surface area contributed by atoms with Crippen molar-refractivity contribution in [2.24, 2.45) is 0 Å². The molecule has 0 radical (unpaired) electrons. The number of hydrogen-bond acceptors (Lipinski definition) is 5. The largest absolute Gasteiger partial charge is 0.436 e. The molecule has 0 unspecified atom stereocenters. The number of fused-ring (bicyclic) bond motifs is 1. The molecule has 0 saturated heterocycles. The minimum Gasteiger partial charge on any atom is -0.436 e. The molecule has 0 fully saturated rings. The van der Waals surface area contributed by atoms with Crippen LogP contribution in [0.15, 0.2) is 150 Å². The summed E-state index contributed by atoms with van der Waals surface area (Å²) in [6.07, 6.45) is 4.05. The molecule has 4 aromatic heterocycles. The van der Waals surface area contributed by atoms with Gasteiger partial charge in [-0.15, -0.1) is 0 Å². The van der Waals surface area contributed by atoms with Crippen LogP contribution in [0.4, 0.5) is 0 Å². The minimum absolute atomic E-state index is 0.575. The Hall–Kier alpha value is -6.08. The van der Waals surface area contributed by atoms with Gasteiger partial charge in [0.2, 0.25) is 5.89 Å². The van der Waals surface area contributed by atoms with E-state index in [0.29, 0.717) is 23.4 Å². The van der Waals surface area contributed by atoms with Crippen LogP contribution < -0.4 is 0 Å². The van der Waals surface area contributed by atoms with Crippen LogP contribution in [0.5, 0.6) is 0 Å². The standard InChI is InChI=1S/C36H24N6O/c1-3-11-27(12-4-1)41-23-9-16-30(41)34-38-33(39-35(40-34)31-17-10-24-42(31)28-13-5-2-6-14-28)25-19-21-26(22-20-25)36-37-29-15-7-8-18-32(29)43-36/h1-24H. The average Bonchev–Trinajstić information content (AvgIpc) is 3.85. The molecule has 0 spiro atoms. The Morgan fingerprint density at radius 2 is 0.930 bits per heavy atom. The number of hydrogen-bond donors (Lipinski definition) is 0. The van der Waals surface area contributed by atoms with Gasteiger partial charge in [0, 0.05) is 34.9 Å². The van der Waals surface area contributed by atoms with Gasteiger partial charge in [-0.1, -0.05) is 60.7 Å². The Balaban J connectivity index is 1.26. The maximum absolute atomic E-state index is 5.99. The third-order valence-electron chi connectivity index (χ3n) is 7.34. The SMILES string of the molecule is c1ccc(-n2cccc2-c2nc(-c3ccc(-c4nc5ccccc5o4)cc3)nc(-c3cccn3-c3ccccc3)n2)cc1. The van der Waals surface area contributed by atoms with Crippen LogP contribution in [0.2, 0.25) is 0 Å². The summed E-state index contributed by atoms with van der Waals surface area (Å²) in [6.45, 7) is 0. The molecule has 43 heavy (non-hydrogen) atoms. The van der Waals surface area contributed by atoms with Gasteiger partial charge in [-0.05, 0) is 72.8 Å². The van der Waals surface area contributed by atoms with E-state index in [0.717, 1.165) is 45.0 Å². The first-order valence-corrected chi connectivity index (χ1v) is 14.0. The van der Waals surface area contributed by atoms with E-state index in [4.69, 9.17) is 19.4 Å². The van der Waals surface area contributed by atoms with Gasteiger partial charge in [0.25, 0.3) is 0 Å². The molecule has 0 bridgehead atoms. The lowest BCUT2D eigenvalue weighted by Gasteiger charge is -2.13. The van der Waals surface area contributed by atoms with Crippen molar-refractivity contribution in [3.05, 3.63) is 146 Å². The van der Waals surface area contributed by atoms with E-state index >= 15 is 0 Å². The summed E-state index contributed by atoms with van der Waals surface area (Å²) >= 11 is 0. The highest BCUT2D eigenvalue weighted by Crippen LogP contribution is 2.30. The molecule has 4 heterocycles. The molecule has 4 aromatic carbocycles. The summed E-state index contributed by atoms with van der Waals surface area (Å²) in [6, 6.07) is 44.2. The summed E-state index contributed by atoms with van der Waals surface area (Å²) in [5.41, 5.74) is 7.13. The highest BCUT2D eigenvalue weighted by Gasteiger charge is 2.18. The second-order valence-electron chi connectivity index (χ2n) is 10.1. The average molecular weight is 557 g/mol. The lowest BCUT2D eigenvalue weighted by molar-refractivity contribution is 0.620. The van der Waals surface area contributed by atoms with Crippen LogP contribution in [-0.4, -0.2) is 29.1 Å². The van der Waals surface area contributed by atoms with Crippen molar-refractivity contribution in [1.82, 2.24) is 29.1 Å². The lowest BCUT2D eigenvalue weighted by Crippen LogP contribution is -2.05. The van der Waals surface area contributed by atoms with Gasteiger partial charge in [-0.25, -0.2) is 19.9 Å². The predicted octanol–water partition coefficient (Wildman–Crippen LogP) is 8.26. The molecule has 0 saturated carbocycles. The molecule has 0 N–H and O–H groups in total. The van der Waals surface area contributed by atoms with Crippen LogP contribution >= 0.6 is 0 Å². The van der Waals surface area contributed by atoms with Crippen molar-refractivity contribution >= 4 is 11.1 Å². The molecule has 204 valence electrons. The first-order chi connectivity index (χ1) is 21.3. The van der Waals surface area contributed by atoms with E-state index in [1.54, 1.807) is 0 Å². The predicted molar refractivity (Wildman–Crippen MR) is 168 cm³/mol.